The Hall–Kier alpha value is -3.85. The summed E-state index contributed by atoms with van der Waals surface area (Å²) in [5.41, 5.74) is 9.38. The number of pyridine rings is 1. The fourth-order valence-corrected chi connectivity index (χ4v) is 5.34. The third-order valence-electron chi connectivity index (χ3n) is 6.99. The summed E-state index contributed by atoms with van der Waals surface area (Å²) in [6.07, 6.45) is 4.50. The maximum Gasteiger partial charge on any atom is 0.160 e. The van der Waals surface area contributed by atoms with E-state index in [9.17, 15) is 0 Å². The lowest BCUT2D eigenvalue weighted by molar-refractivity contribution is 0.595. The van der Waals surface area contributed by atoms with E-state index < -0.39 is 0 Å². The molecule has 0 spiro atoms. The molecule has 3 heteroatoms. The van der Waals surface area contributed by atoms with Gasteiger partial charge in [-0.25, -0.2) is 4.98 Å². The molecule has 0 aliphatic rings. The second-order valence-electron chi connectivity index (χ2n) is 11.2. The van der Waals surface area contributed by atoms with Crippen molar-refractivity contribution in [3.05, 3.63) is 90.4 Å². The topological polar surface area (TPSA) is 39.2 Å². The van der Waals surface area contributed by atoms with E-state index >= 15 is 0 Å². The molecule has 0 aliphatic heterocycles. The zero-order chi connectivity index (χ0) is 25.0. The molecule has 6 aromatic rings. The molecule has 36 heavy (non-hydrogen) atoms. The van der Waals surface area contributed by atoms with Crippen LogP contribution in [0.1, 0.15) is 45.7 Å². The quantitative estimate of drug-likeness (QED) is 0.256. The molecule has 0 bridgehead atoms. The van der Waals surface area contributed by atoms with Crippen molar-refractivity contribution in [2.75, 3.05) is 0 Å². The number of hydrogen-bond acceptors (Lipinski definition) is 3. The average Bonchev–Trinajstić information content (AvgIpc) is 3.52. The van der Waals surface area contributed by atoms with E-state index in [1.165, 1.54) is 21.9 Å². The molecule has 0 fully saturated rings. The maximum absolute atomic E-state index is 5.98. The smallest absolute Gasteiger partial charge is 0.160 e. The highest BCUT2D eigenvalue weighted by Crippen LogP contribution is 2.40. The van der Waals surface area contributed by atoms with Crippen molar-refractivity contribution in [2.24, 2.45) is 5.92 Å². The zero-order valence-electron chi connectivity index (χ0n) is 21.6. The Morgan fingerprint density at radius 1 is 0.778 bits per heavy atom. The number of benzene rings is 3. The highest BCUT2D eigenvalue weighted by Gasteiger charge is 2.21. The molecular formula is C33H31NO2. The minimum atomic E-state index is 0.00733. The van der Waals surface area contributed by atoms with Gasteiger partial charge in [0, 0.05) is 22.6 Å². The lowest BCUT2D eigenvalue weighted by atomic mass is 9.82. The molecule has 0 unspecified atom stereocenters. The fraction of sp³-hybridized carbons (Fsp3) is 0.242. The fourth-order valence-electron chi connectivity index (χ4n) is 5.34. The molecule has 3 aromatic carbocycles. The van der Waals surface area contributed by atoms with E-state index in [-0.39, 0.29) is 5.41 Å². The third-order valence-corrected chi connectivity index (χ3v) is 6.99. The number of furan rings is 2. The number of aromatic nitrogens is 1. The van der Waals surface area contributed by atoms with E-state index in [0.29, 0.717) is 5.92 Å². The van der Waals surface area contributed by atoms with Crippen molar-refractivity contribution in [1.29, 1.82) is 0 Å². The van der Waals surface area contributed by atoms with Gasteiger partial charge in [0.1, 0.15) is 11.1 Å². The predicted molar refractivity (Wildman–Crippen MR) is 149 cm³/mol. The number of nitrogens with zero attached hydrogens (tertiary/aromatic N) is 1. The summed E-state index contributed by atoms with van der Waals surface area (Å²) in [5.74, 6) is 0.554. The van der Waals surface area contributed by atoms with Gasteiger partial charge in [0.2, 0.25) is 0 Å². The molecule has 6 rings (SSSR count). The standard InChI is InChI=1S/C33H31NO2/c1-20(2)16-22-10-11-25(26-12-14-35-31(22)26)27-19-30(34-29-13-15-36-32(27)29)23-17-21-8-6-7-9-24(21)28(18-23)33(3,4)5/h6-15,17-20H,16H2,1-5H3. The minimum absolute atomic E-state index is 0.00733. The largest absolute Gasteiger partial charge is 0.464 e. The van der Waals surface area contributed by atoms with Gasteiger partial charge in [-0.3, -0.25) is 0 Å². The lowest BCUT2D eigenvalue weighted by Crippen LogP contribution is -2.12. The Labute approximate surface area is 211 Å². The van der Waals surface area contributed by atoms with Crippen LogP contribution in [0.2, 0.25) is 0 Å². The van der Waals surface area contributed by atoms with Crippen LogP contribution >= 0.6 is 0 Å². The Morgan fingerprint density at radius 3 is 2.36 bits per heavy atom. The van der Waals surface area contributed by atoms with E-state index in [1.807, 2.05) is 6.07 Å². The number of rotatable bonds is 4. The van der Waals surface area contributed by atoms with Gasteiger partial charge in [-0.05, 0) is 69.5 Å². The molecule has 0 radical (unpaired) electrons. The normalized spacial score (nSPS) is 12.4. The summed E-state index contributed by atoms with van der Waals surface area (Å²) >= 11 is 0. The van der Waals surface area contributed by atoms with Gasteiger partial charge < -0.3 is 8.83 Å². The van der Waals surface area contributed by atoms with Crippen molar-refractivity contribution in [3.63, 3.8) is 0 Å². The summed E-state index contributed by atoms with van der Waals surface area (Å²) in [4.78, 5) is 5.03. The van der Waals surface area contributed by atoms with Crippen LogP contribution in [-0.2, 0) is 11.8 Å². The second-order valence-corrected chi connectivity index (χ2v) is 11.2. The molecule has 0 N–H and O–H groups in total. The molecule has 0 amide bonds. The van der Waals surface area contributed by atoms with Crippen LogP contribution < -0.4 is 0 Å². The van der Waals surface area contributed by atoms with Crippen LogP contribution in [0.15, 0.2) is 88.1 Å². The number of hydrogen-bond donors (Lipinski definition) is 0. The predicted octanol–water partition coefficient (Wildman–Crippen LogP) is 9.56. The van der Waals surface area contributed by atoms with Crippen molar-refractivity contribution < 1.29 is 8.83 Å². The minimum Gasteiger partial charge on any atom is -0.464 e. The van der Waals surface area contributed by atoms with E-state index in [0.717, 1.165) is 50.9 Å². The van der Waals surface area contributed by atoms with Gasteiger partial charge >= 0.3 is 0 Å². The van der Waals surface area contributed by atoms with Crippen molar-refractivity contribution in [3.8, 4) is 22.4 Å². The summed E-state index contributed by atoms with van der Waals surface area (Å²) in [6.45, 7) is 11.3. The molecule has 3 heterocycles. The molecule has 3 nitrogen and oxygen atoms in total. The number of fused-ring (bicyclic) bond motifs is 3. The summed E-state index contributed by atoms with van der Waals surface area (Å²) < 4.78 is 11.9. The van der Waals surface area contributed by atoms with Crippen molar-refractivity contribution >= 4 is 32.8 Å². The van der Waals surface area contributed by atoms with Crippen LogP contribution in [0, 0.1) is 5.92 Å². The third kappa shape index (κ3) is 3.80. The molecule has 0 saturated carbocycles. The SMILES string of the molecule is CC(C)Cc1ccc(-c2cc(-c3cc(C(C)(C)C)c4ccccc4c3)nc3ccoc23)c2ccoc12. The lowest BCUT2D eigenvalue weighted by Gasteiger charge is -2.23. The zero-order valence-corrected chi connectivity index (χ0v) is 21.6. The van der Waals surface area contributed by atoms with E-state index in [2.05, 4.69) is 95.3 Å². The molecule has 0 atom stereocenters. The first-order valence-corrected chi connectivity index (χ1v) is 12.7. The summed E-state index contributed by atoms with van der Waals surface area (Å²) in [6, 6.07) is 23.8. The Balaban J connectivity index is 1.60. The highest BCUT2D eigenvalue weighted by atomic mass is 16.3. The van der Waals surface area contributed by atoms with E-state index in [1.54, 1.807) is 12.5 Å². The first-order chi connectivity index (χ1) is 17.3. The Bertz CT molecular complexity index is 1730. The van der Waals surface area contributed by atoms with Crippen LogP contribution in [0.3, 0.4) is 0 Å². The summed E-state index contributed by atoms with van der Waals surface area (Å²) in [7, 11) is 0. The molecule has 0 aliphatic carbocycles. The molecular weight excluding hydrogens is 442 g/mol. The average molecular weight is 474 g/mol. The van der Waals surface area contributed by atoms with Gasteiger partial charge in [0.05, 0.1) is 18.2 Å². The molecule has 3 aromatic heterocycles. The maximum atomic E-state index is 5.98. The van der Waals surface area contributed by atoms with E-state index in [4.69, 9.17) is 13.8 Å². The molecule has 180 valence electrons. The monoisotopic (exact) mass is 473 g/mol. The first-order valence-electron chi connectivity index (χ1n) is 12.7. The van der Waals surface area contributed by atoms with Gasteiger partial charge in [0.15, 0.2) is 5.58 Å². The summed E-state index contributed by atoms with van der Waals surface area (Å²) in [5, 5.41) is 3.63. The van der Waals surface area contributed by atoms with Gasteiger partial charge in [0.25, 0.3) is 0 Å². The van der Waals surface area contributed by atoms with Crippen LogP contribution in [0.4, 0.5) is 0 Å². The Morgan fingerprint density at radius 2 is 1.56 bits per heavy atom. The van der Waals surface area contributed by atoms with Crippen LogP contribution in [0.5, 0.6) is 0 Å². The first kappa shape index (κ1) is 22.6. The van der Waals surface area contributed by atoms with Crippen molar-refractivity contribution in [1.82, 2.24) is 4.98 Å². The Kier molecular flexibility index (Phi) is 5.26. The van der Waals surface area contributed by atoms with Crippen LogP contribution in [-0.4, -0.2) is 4.98 Å². The second kappa shape index (κ2) is 8.37. The highest BCUT2D eigenvalue weighted by molar-refractivity contribution is 6.03. The van der Waals surface area contributed by atoms with Gasteiger partial charge in [-0.1, -0.05) is 71.0 Å². The van der Waals surface area contributed by atoms with Crippen molar-refractivity contribution in [2.45, 2.75) is 46.5 Å². The van der Waals surface area contributed by atoms with Gasteiger partial charge in [-0.2, -0.15) is 0 Å². The van der Waals surface area contributed by atoms with Crippen LogP contribution in [0.25, 0.3) is 55.2 Å². The molecule has 0 saturated heterocycles. The van der Waals surface area contributed by atoms with Gasteiger partial charge in [-0.15, -0.1) is 0 Å².